The summed E-state index contributed by atoms with van der Waals surface area (Å²) in [6.07, 6.45) is 1.76. The van der Waals surface area contributed by atoms with Gasteiger partial charge in [-0.15, -0.1) is 0 Å². The molecule has 0 aliphatic heterocycles. The molecule has 2 amide bonds. The van der Waals surface area contributed by atoms with Crippen LogP contribution in [0.2, 0.25) is 0 Å². The van der Waals surface area contributed by atoms with E-state index >= 15 is 0 Å². The quantitative estimate of drug-likeness (QED) is 0.775. The van der Waals surface area contributed by atoms with Crippen LogP contribution in [0.4, 0.5) is 5.69 Å². The predicted octanol–water partition coefficient (Wildman–Crippen LogP) is 4.55. The average molecular weight is 379 g/mol. The second-order valence-corrected chi connectivity index (χ2v) is 8.84. The van der Waals surface area contributed by atoms with Gasteiger partial charge >= 0.3 is 0 Å². The highest BCUT2D eigenvalue weighted by Crippen LogP contribution is 2.38. The van der Waals surface area contributed by atoms with E-state index in [1.165, 1.54) is 11.1 Å². The van der Waals surface area contributed by atoms with Crippen molar-refractivity contribution >= 4 is 17.5 Å². The molecule has 2 atom stereocenters. The van der Waals surface area contributed by atoms with Crippen molar-refractivity contribution in [1.82, 2.24) is 5.32 Å². The van der Waals surface area contributed by atoms with Crippen molar-refractivity contribution in [2.45, 2.75) is 46.0 Å². The number of anilines is 1. The van der Waals surface area contributed by atoms with Gasteiger partial charge in [-0.05, 0) is 59.6 Å². The van der Waals surface area contributed by atoms with Crippen LogP contribution >= 0.6 is 0 Å². The largest absolute Gasteiger partial charge is 0.352 e. The van der Waals surface area contributed by atoms with Gasteiger partial charge < -0.3 is 10.6 Å². The molecule has 0 spiro atoms. The number of carbonyl (C=O) groups excluding carboxylic acids is 2. The highest BCUT2D eigenvalue weighted by molar-refractivity contribution is 5.96. The second kappa shape index (κ2) is 8.17. The van der Waals surface area contributed by atoms with Crippen LogP contribution in [0.5, 0.6) is 0 Å². The van der Waals surface area contributed by atoms with Crippen LogP contribution in [-0.2, 0) is 16.6 Å². The third kappa shape index (κ3) is 5.22. The number of benzene rings is 2. The monoisotopic (exact) mass is 378 g/mol. The Morgan fingerprint density at radius 2 is 1.61 bits per heavy atom. The maximum Gasteiger partial charge on any atom is 0.251 e. The van der Waals surface area contributed by atoms with E-state index in [2.05, 4.69) is 62.6 Å². The minimum absolute atomic E-state index is 0.0715. The van der Waals surface area contributed by atoms with Crippen molar-refractivity contribution < 1.29 is 9.59 Å². The SMILES string of the molecule is CC1CC1C(=O)Nc1ccc(C(=O)NCCc2ccc(C(C)(C)C)cc2)cc1. The van der Waals surface area contributed by atoms with Crippen LogP contribution < -0.4 is 10.6 Å². The Morgan fingerprint density at radius 1 is 1.00 bits per heavy atom. The average Bonchev–Trinajstić information content (AvgIpc) is 3.39. The molecule has 148 valence electrons. The molecule has 0 heterocycles. The predicted molar refractivity (Wildman–Crippen MR) is 114 cm³/mol. The van der Waals surface area contributed by atoms with Gasteiger partial charge in [0, 0.05) is 23.7 Å². The molecule has 1 saturated carbocycles. The Kier molecular flexibility index (Phi) is 5.87. The van der Waals surface area contributed by atoms with Crippen LogP contribution in [0.15, 0.2) is 48.5 Å². The fourth-order valence-corrected chi connectivity index (χ4v) is 3.22. The van der Waals surface area contributed by atoms with Gasteiger partial charge in [0.15, 0.2) is 0 Å². The molecule has 3 rings (SSSR count). The molecule has 1 aliphatic rings. The summed E-state index contributed by atoms with van der Waals surface area (Å²) in [6.45, 7) is 9.27. The lowest BCUT2D eigenvalue weighted by molar-refractivity contribution is -0.117. The van der Waals surface area contributed by atoms with E-state index in [-0.39, 0.29) is 23.1 Å². The van der Waals surface area contributed by atoms with Gasteiger partial charge in [0.1, 0.15) is 0 Å². The molecule has 4 nitrogen and oxygen atoms in total. The molecule has 1 aliphatic carbocycles. The number of hydrogen-bond acceptors (Lipinski definition) is 2. The first-order valence-electron chi connectivity index (χ1n) is 10.0. The molecule has 2 unspecified atom stereocenters. The lowest BCUT2D eigenvalue weighted by Gasteiger charge is -2.19. The van der Waals surface area contributed by atoms with Gasteiger partial charge in [-0.25, -0.2) is 0 Å². The highest BCUT2D eigenvalue weighted by Gasteiger charge is 2.39. The third-order valence-corrected chi connectivity index (χ3v) is 5.38. The molecule has 0 bridgehead atoms. The lowest BCUT2D eigenvalue weighted by atomic mass is 9.86. The normalized spacial score (nSPS) is 18.4. The van der Waals surface area contributed by atoms with Crippen LogP contribution in [0.3, 0.4) is 0 Å². The molecular weight excluding hydrogens is 348 g/mol. The summed E-state index contributed by atoms with van der Waals surface area (Å²) in [6, 6.07) is 15.6. The van der Waals surface area contributed by atoms with E-state index < -0.39 is 0 Å². The smallest absolute Gasteiger partial charge is 0.251 e. The van der Waals surface area contributed by atoms with Gasteiger partial charge in [-0.3, -0.25) is 9.59 Å². The van der Waals surface area contributed by atoms with Gasteiger partial charge in [0.25, 0.3) is 5.91 Å². The lowest BCUT2D eigenvalue weighted by Crippen LogP contribution is -2.25. The first-order chi connectivity index (χ1) is 13.2. The summed E-state index contributed by atoms with van der Waals surface area (Å²) >= 11 is 0. The summed E-state index contributed by atoms with van der Waals surface area (Å²) < 4.78 is 0. The van der Waals surface area contributed by atoms with E-state index in [1.807, 2.05) is 0 Å². The standard InChI is InChI=1S/C24H30N2O2/c1-16-15-21(16)23(28)26-20-11-7-18(8-12-20)22(27)25-14-13-17-5-9-19(10-6-17)24(2,3)4/h5-12,16,21H,13-15H2,1-4H3,(H,25,27)(H,26,28). The molecule has 4 heteroatoms. The number of nitrogens with one attached hydrogen (secondary N) is 2. The zero-order valence-corrected chi connectivity index (χ0v) is 17.2. The summed E-state index contributed by atoms with van der Waals surface area (Å²) in [4.78, 5) is 24.3. The van der Waals surface area contributed by atoms with Crippen LogP contribution in [0.1, 0.15) is 55.6 Å². The molecule has 2 aromatic carbocycles. The summed E-state index contributed by atoms with van der Waals surface area (Å²) in [5.74, 6) is 0.595. The van der Waals surface area contributed by atoms with Gasteiger partial charge in [-0.1, -0.05) is 52.0 Å². The molecule has 2 N–H and O–H groups in total. The zero-order valence-electron chi connectivity index (χ0n) is 17.2. The van der Waals surface area contributed by atoms with Crippen LogP contribution in [-0.4, -0.2) is 18.4 Å². The number of hydrogen-bond donors (Lipinski definition) is 2. The number of carbonyl (C=O) groups is 2. The van der Waals surface area contributed by atoms with E-state index in [9.17, 15) is 9.59 Å². The van der Waals surface area contributed by atoms with Gasteiger partial charge in [0.2, 0.25) is 5.91 Å². The molecule has 28 heavy (non-hydrogen) atoms. The molecule has 0 aromatic heterocycles. The van der Waals surface area contributed by atoms with Gasteiger partial charge in [-0.2, -0.15) is 0 Å². The summed E-state index contributed by atoms with van der Waals surface area (Å²) in [7, 11) is 0. The number of rotatable bonds is 6. The van der Waals surface area contributed by atoms with Crippen molar-refractivity contribution in [1.29, 1.82) is 0 Å². The van der Waals surface area contributed by atoms with E-state index in [0.717, 1.165) is 18.5 Å². The Balaban J connectivity index is 1.46. The van der Waals surface area contributed by atoms with Crippen molar-refractivity contribution in [3.63, 3.8) is 0 Å². The minimum Gasteiger partial charge on any atom is -0.352 e. The van der Waals surface area contributed by atoms with E-state index in [4.69, 9.17) is 0 Å². The Hall–Kier alpha value is -2.62. The fourth-order valence-electron chi connectivity index (χ4n) is 3.22. The Bertz CT molecular complexity index is 832. The van der Waals surface area contributed by atoms with E-state index in [0.29, 0.717) is 18.0 Å². The molecule has 1 fully saturated rings. The van der Waals surface area contributed by atoms with Crippen molar-refractivity contribution in [3.8, 4) is 0 Å². The molecule has 0 saturated heterocycles. The second-order valence-electron chi connectivity index (χ2n) is 8.84. The maximum atomic E-state index is 12.3. The summed E-state index contributed by atoms with van der Waals surface area (Å²) in [5.41, 5.74) is 4.00. The first-order valence-corrected chi connectivity index (χ1v) is 10.0. The Labute approximate surface area is 167 Å². The topological polar surface area (TPSA) is 58.2 Å². The van der Waals surface area contributed by atoms with E-state index in [1.54, 1.807) is 24.3 Å². The van der Waals surface area contributed by atoms with Crippen molar-refractivity contribution in [3.05, 3.63) is 65.2 Å². The molecule has 0 radical (unpaired) electrons. The van der Waals surface area contributed by atoms with Crippen LogP contribution in [0, 0.1) is 11.8 Å². The van der Waals surface area contributed by atoms with Gasteiger partial charge in [0.05, 0.1) is 0 Å². The highest BCUT2D eigenvalue weighted by atomic mass is 16.2. The first kappa shape index (κ1) is 20.1. The minimum atomic E-state index is -0.0972. The fraction of sp³-hybridized carbons (Fsp3) is 0.417. The van der Waals surface area contributed by atoms with Crippen LogP contribution in [0.25, 0.3) is 0 Å². The maximum absolute atomic E-state index is 12.3. The van der Waals surface area contributed by atoms with Crippen molar-refractivity contribution in [2.24, 2.45) is 11.8 Å². The molecular formula is C24H30N2O2. The zero-order chi connectivity index (χ0) is 20.3. The van der Waals surface area contributed by atoms with Crippen molar-refractivity contribution in [2.75, 3.05) is 11.9 Å². The number of amides is 2. The third-order valence-electron chi connectivity index (χ3n) is 5.38. The molecule has 2 aromatic rings. The summed E-state index contributed by atoms with van der Waals surface area (Å²) in [5, 5.41) is 5.87. The Morgan fingerprint density at radius 3 is 2.14 bits per heavy atom.